The minimum absolute atomic E-state index is 0.0649. The summed E-state index contributed by atoms with van der Waals surface area (Å²) < 4.78 is 37.3. The lowest BCUT2D eigenvalue weighted by molar-refractivity contribution is 0.0615. The van der Waals surface area contributed by atoms with Gasteiger partial charge in [0.1, 0.15) is 10.6 Å². The molecule has 12 heteroatoms. The summed E-state index contributed by atoms with van der Waals surface area (Å²) in [5.74, 6) is 1.07. The molecule has 3 heterocycles. The van der Waals surface area contributed by atoms with E-state index in [4.69, 9.17) is 9.26 Å². The van der Waals surface area contributed by atoms with Crippen LogP contribution in [0.1, 0.15) is 16.2 Å². The zero-order chi connectivity index (χ0) is 22.7. The van der Waals surface area contributed by atoms with E-state index in [-0.39, 0.29) is 16.6 Å². The second kappa shape index (κ2) is 9.36. The number of piperazine rings is 1. The standard InChI is InChI=1S/C20H23N5O5S2/c1-21-32(27,28)17-12-14(5-6-15(17)29-2)20(26)25-9-7-24(8-10-25)13-18-22-19(23-30-18)16-4-3-11-31-16/h3-6,11-12,21H,7-10,13H2,1-2H3. The van der Waals surface area contributed by atoms with Crippen molar-refractivity contribution in [2.45, 2.75) is 11.4 Å². The summed E-state index contributed by atoms with van der Waals surface area (Å²) in [7, 11) is -1.06. The highest BCUT2D eigenvalue weighted by Crippen LogP contribution is 2.26. The Bertz CT molecular complexity index is 1180. The first-order chi connectivity index (χ1) is 15.4. The first-order valence-corrected chi connectivity index (χ1v) is 12.3. The molecule has 1 aliphatic rings. The molecule has 0 saturated carbocycles. The maximum atomic E-state index is 13.0. The number of nitrogens with one attached hydrogen (secondary N) is 1. The summed E-state index contributed by atoms with van der Waals surface area (Å²) in [4.78, 5) is 22.2. The average Bonchev–Trinajstić information content (AvgIpc) is 3.51. The molecule has 1 aliphatic heterocycles. The fraction of sp³-hybridized carbons (Fsp3) is 0.350. The van der Waals surface area contributed by atoms with Gasteiger partial charge in [0.2, 0.25) is 21.7 Å². The number of sulfonamides is 1. The Kier molecular flexibility index (Phi) is 6.55. The minimum atomic E-state index is -3.76. The van der Waals surface area contributed by atoms with Crippen LogP contribution in [0.5, 0.6) is 5.75 Å². The van der Waals surface area contributed by atoms with E-state index in [0.717, 1.165) is 4.88 Å². The van der Waals surface area contributed by atoms with Crippen molar-refractivity contribution >= 4 is 27.3 Å². The van der Waals surface area contributed by atoms with Crippen molar-refractivity contribution in [3.05, 3.63) is 47.2 Å². The number of hydrogen-bond acceptors (Lipinski definition) is 9. The van der Waals surface area contributed by atoms with Crippen LogP contribution < -0.4 is 9.46 Å². The molecule has 4 rings (SSSR count). The normalized spacial score (nSPS) is 15.1. The first kappa shape index (κ1) is 22.4. The molecule has 1 fully saturated rings. The SMILES string of the molecule is CNS(=O)(=O)c1cc(C(=O)N2CCN(Cc3nc(-c4cccs4)no3)CC2)ccc1OC. The van der Waals surface area contributed by atoms with E-state index in [9.17, 15) is 13.2 Å². The van der Waals surface area contributed by atoms with Crippen molar-refractivity contribution in [1.82, 2.24) is 24.7 Å². The van der Waals surface area contributed by atoms with Crippen molar-refractivity contribution in [3.63, 3.8) is 0 Å². The van der Waals surface area contributed by atoms with Crippen molar-refractivity contribution in [2.75, 3.05) is 40.3 Å². The van der Waals surface area contributed by atoms with Gasteiger partial charge in [-0.15, -0.1) is 11.3 Å². The molecular weight excluding hydrogens is 454 g/mol. The van der Waals surface area contributed by atoms with Gasteiger partial charge in [0.25, 0.3) is 5.91 Å². The Labute approximate surface area is 189 Å². The third-order valence-corrected chi connectivity index (χ3v) is 7.50. The largest absolute Gasteiger partial charge is 0.495 e. The molecule has 1 aromatic carbocycles. The number of carbonyl (C=O) groups excluding carboxylic acids is 1. The Balaban J connectivity index is 1.39. The third kappa shape index (κ3) is 4.67. The molecule has 0 atom stereocenters. The summed E-state index contributed by atoms with van der Waals surface area (Å²) in [6, 6.07) is 8.30. The van der Waals surface area contributed by atoms with Crippen LogP contribution in [0.25, 0.3) is 10.7 Å². The summed E-state index contributed by atoms with van der Waals surface area (Å²) in [6.07, 6.45) is 0. The van der Waals surface area contributed by atoms with Gasteiger partial charge in [-0.25, -0.2) is 13.1 Å². The monoisotopic (exact) mass is 477 g/mol. The number of methoxy groups -OCH3 is 1. The molecule has 2 aromatic heterocycles. The molecule has 3 aromatic rings. The number of ether oxygens (including phenoxy) is 1. The Morgan fingerprint density at radius 1 is 1.25 bits per heavy atom. The van der Waals surface area contributed by atoms with E-state index in [1.807, 2.05) is 17.5 Å². The highest BCUT2D eigenvalue weighted by atomic mass is 32.2. The predicted octanol–water partition coefficient (Wildman–Crippen LogP) is 1.67. The van der Waals surface area contributed by atoms with E-state index in [1.165, 1.54) is 26.3 Å². The van der Waals surface area contributed by atoms with Crippen LogP contribution in [0, 0.1) is 0 Å². The number of amides is 1. The van der Waals surface area contributed by atoms with Crippen LogP contribution in [0.3, 0.4) is 0 Å². The molecule has 1 amide bonds. The van der Waals surface area contributed by atoms with Crippen molar-refractivity contribution in [1.29, 1.82) is 0 Å². The molecule has 0 aliphatic carbocycles. The third-order valence-electron chi connectivity index (χ3n) is 5.20. The number of rotatable bonds is 7. The number of carbonyl (C=O) groups is 1. The lowest BCUT2D eigenvalue weighted by atomic mass is 10.1. The van der Waals surface area contributed by atoms with Gasteiger partial charge in [0, 0.05) is 31.7 Å². The molecule has 0 unspecified atom stereocenters. The molecule has 170 valence electrons. The van der Waals surface area contributed by atoms with E-state index >= 15 is 0 Å². The van der Waals surface area contributed by atoms with E-state index in [1.54, 1.807) is 22.3 Å². The van der Waals surface area contributed by atoms with Gasteiger partial charge in [-0.1, -0.05) is 11.2 Å². The number of thiophene rings is 1. The summed E-state index contributed by atoms with van der Waals surface area (Å²) >= 11 is 1.55. The Morgan fingerprint density at radius 3 is 2.69 bits per heavy atom. The summed E-state index contributed by atoms with van der Waals surface area (Å²) in [6.45, 7) is 2.80. The summed E-state index contributed by atoms with van der Waals surface area (Å²) in [5, 5.41) is 5.98. The van der Waals surface area contributed by atoms with Gasteiger partial charge in [-0.2, -0.15) is 4.98 Å². The smallest absolute Gasteiger partial charge is 0.253 e. The number of hydrogen-bond donors (Lipinski definition) is 1. The van der Waals surface area contributed by atoms with Gasteiger partial charge < -0.3 is 14.2 Å². The Hall–Kier alpha value is -2.80. The van der Waals surface area contributed by atoms with Crippen molar-refractivity contribution in [2.24, 2.45) is 0 Å². The quantitative estimate of drug-likeness (QED) is 0.546. The molecule has 0 spiro atoms. The number of benzene rings is 1. The first-order valence-electron chi connectivity index (χ1n) is 9.91. The molecule has 1 N–H and O–H groups in total. The Morgan fingerprint density at radius 2 is 2.03 bits per heavy atom. The van der Waals surface area contributed by atoms with Crippen LogP contribution in [0.15, 0.2) is 45.1 Å². The lowest BCUT2D eigenvalue weighted by Crippen LogP contribution is -2.48. The highest BCUT2D eigenvalue weighted by molar-refractivity contribution is 7.89. The molecule has 0 bridgehead atoms. The average molecular weight is 478 g/mol. The van der Waals surface area contributed by atoms with Gasteiger partial charge in [0.15, 0.2) is 0 Å². The van der Waals surface area contributed by atoms with Crippen LogP contribution >= 0.6 is 11.3 Å². The number of nitrogens with zero attached hydrogens (tertiary/aromatic N) is 4. The number of aromatic nitrogens is 2. The second-order valence-corrected chi connectivity index (χ2v) is 9.93. The van der Waals surface area contributed by atoms with E-state index < -0.39 is 10.0 Å². The van der Waals surface area contributed by atoms with E-state index in [2.05, 4.69) is 19.8 Å². The maximum Gasteiger partial charge on any atom is 0.253 e. The van der Waals surface area contributed by atoms with Crippen LogP contribution in [0.2, 0.25) is 0 Å². The van der Waals surface area contributed by atoms with E-state index in [0.29, 0.717) is 50.0 Å². The summed E-state index contributed by atoms with van der Waals surface area (Å²) in [5.41, 5.74) is 0.297. The van der Waals surface area contributed by atoms with Crippen molar-refractivity contribution < 1.29 is 22.5 Å². The highest BCUT2D eigenvalue weighted by Gasteiger charge is 2.26. The van der Waals surface area contributed by atoms with Gasteiger partial charge in [-0.3, -0.25) is 9.69 Å². The van der Waals surface area contributed by atoms with Gasteiger partial charge in [0.05, 0.1) is 18.5 Å². The predicted molar refractivity (Wildman–Crippen MR) is 118 cm³/mol. The van der Waals surface area contributed by atoms with Gasteiger partial charge >= 0.3 is 0 Å². The fourth-order valence-corrected chi connectivity index (χ4v) is 5.01. The van der Waals surface area contributed by atoms with Crippen LogP contribution in [0.4, 0.5) is 0 Å². The second-order valence-electron chi connectivity index (χ2n) is 7.13. The van der Waals surface area contributed by atoms with Crippen LogP contribution in [-0.4, -0.2) is 74.6 Å². The van der Waals surface area contributed by atoms with Crippen molar-refractivity contribution in [3.8, 4) is 16.5 Å². The zero-order valence-corrected chi connectivity index (χ0v) is 19.3. The van der Waals surface area contributed by atoms with Crippen LogP contribution in [-0.2, 0) is 16.6 Å². The maximum absolute atomic E-state index is 13.0. The molecule has 0 radical (unpaired) electrons. The molecule has 32 heavy (non-hydrogen) atoms. The lowest BCUT2D eigenvalue weighted by Gasteiger charge is -2.34. The molecular formula is C20H23N5O5S2. The zero-order valence-electron chi connectivity index (χ0n) is 17.6. The fourth-order valence-electron chi connectivity index (χ4n) is 3.44. The minimum Gasteiger partial charge on any atom is -0.495 e. The van der Waals surface area contributed by atoms with Gasteiger partial charge in [-0.05, 0) is 36.7 Å². The molecule has 1 saturated heterocycles. The topological polar surface area (TPSA) is 118 Å². The molecule has 10 nitrogen and oxygen atoms in total.